The molecule has 2 nitrogen and oxygen atoms in total. The topological polar surface area (TPSA) is 16.8 Å². The second-order valence-electron chi connectivity index (χ2n) is 1.70. The average Bonchev–Trinajstić information content (AvgIpc) is 1.80. The van der Waals surface area contributed by atoms with Gasteiger partial charge in [0.15, 0.2) is 0 Å². The molecule has 0 spiro atoms. The molecular weight excluding hydrogens is 156 g/mol. The molecule has 0 fully saturated rings. The Hall–Kier alpha value is -0.280. The number of hydrogen-bond donors (Lipinski definition) is 1. The van der Waals surface area contributed by atoms with E-state index in [0.717, 1.165) is 5.69 Å². The predicted octanol–water partition coefficient (Wildman–Crippen LogP) is 1.02. The summed E-state index contributed by atoms with van der Waals surface area (Å²) < 4.78 is 1.60. The van der Waals surface area contributed by atoms with Gasteiger partial charge in [-0.05, 0) is 23.5 Å². The molecule has 0 saturated carbocycles. The average molecular weight is 162 g/mol. The van der Waals surface area contributed by atoms with Crippen molar-refractivity contribution in [2.24, 2.45) is 0 Å². The van der Waals surface area contributed by atoms with Crippen molar-refractivity contribution in [1.29, 1.82) is 0 Å². The van der Waals surface area contributed by atoms with Gasteiger partial charge in [0.05, 0.1) is 0 Å². The highest BCUT2D eigenvalue weighted by Crippen LogP contribution is 2.01. The first-order valence-electron chi connectivity index (χ1n) is 2.43. The number of halogens is 1. The highest BCUT2D eigenvalue weighted by atomic mass is 35.5. The van der Waals surface area contributed by atoms with Gasteiger partial charge in [-0.1, -0.05) is 0 Å². The smallest absolute Gasteiger partial charge is 0.172 e. The summed E-state index contributed by atoms with van der Waals surface area (Å²) in [6.07, 6.45) is 1.56. The van der Waals surface area contributed by atoms with Crippen LogP contribution in [0.5, 0.6) is 0 Å². The number of rotatable bonds is 0. The molecule has 0 atom stereocenters. The van der Waals surface area contributed by atoms with Gasteiger partial charge < -0.3 is 0 Å². The van der Waals surface area contributed by atoms with Gasteiger partial charge in [-0.25, -0.2) is 0 Å². The van der Waals surface area contributed by atoms with Crippen molar-refractivity contribution in [1.82, 2.24) is 4.98 Å². The summed E-state index contributed by atoms with van der Waals surface area (Å²) >= 11 is 9.60. The molecule has 0 bridgehead atoms. The Kier molecular flexibility index (Phi) is 1.93. The van der Waals surface area contributed by atoms with E-state index in [1.165, 1.54) is 0 Å². The first-order valence-corrected chi connectivity index (χ1v) is 3.21. The standard InChI is InChI=1S/C5H6ClN2S/c1-4-2-5(6)7-3-8(4)9/h2-3,9H,1H3/q+1. The molecule has 0 N–H and O–H groups in total. The highest BCUT2D eigenvalue weighted by Gasteiger charge is 2.00. The van der Waals surface area contributed by atoms with E-state index in [0.29, 0.717) is 5.15 Å². The van der Waals surface area contributed by atoms with Crippen molar-refractivity contribution in [2.75, 3.05) is 0 Å². The lowest BCUT2D eigenvalue weighted by Gasteiger charge is -1.88. The second kappa shape index (κ2) is 2.54. The lowest BCUT2D eigenvalue weighted by atomic mass is 10.5. The summed E-state index contributed by atoms with van der Waals surface area (Å²) in [5.74, 6) is 0. The number of aryl methyl sites for hydroxylation is 1. The summed E-state index contributed by atoms with van der Waals surface area (Å²) in [6, 6.07) is 1.74. The Labute approximate surface area is 64.0 Å². The molecule has 0 amide bonds. The third kappa shape index (κ3) is 1.56. The molecule has 0 aliphatic rings. The van der Waals surface area contributed by atoms with Gasteiger partial charge >= 0.3 is 0 Å². The van der Waals surface area contributed by atoms with E-state index < -0.39 is 0 Å². The SMILES string of the molecule is Cc1cc(Cl)nc[n+]1S. The fraction of sp³-hybridized carbons (Fsp3) is 0.200. The number of aromatic nitrogens is 2. The molecule has 9 heavy (non-hydrogen) atoms. The number of hydrogen-bond acceptors (Lipinski definition) is 2. The van der Waals surface area contributed by atoms with Crippen molar-refractivity contribution >= 4 is 24.4 Å². The minimum absolute atomic E-state index is 0.498. The second-order valence-corrected chi connectivity index (χ2v) is 2.52. The Balaban J connectivity index is 3.17. The molecule has 1 aromatic rings. The molecular formula is C5H6ClN2S+. The number of nitrogens with zero attached hydrogens (tertiary/aromatic N) is 2. The van der Waals surface area contributed by atoms with Crippen LogP contribution in [0, 0.1) is 6.92 Å². The first-order chi connectivity index (χ1) is 4.20. The third-order valence-corrected chi connectivity index (χ3v) is 1.61. The summed E-state index contributed by atoms with van der Waals surface area (Å²) in [5, 5.41) is 0.498. The van der Waals surface area contributed by atoms with E-state index in [-0.39, 0.29) is 0 Å². The normalized spacial score (nSPS) is 9.67. The summed E-state index contributed by atoms with van der Waals surface area (Å²) in [7, 11) is 0. The molecule has 0 aromatic carbocycles. The van der Waals surface area contributed by atoms with E-state index in [1.54, 1.807) is 16.4 Å². The minimum Gasteiger partial charge on any atom is -0.172 e. The lowest BCUT2D eigenvalue weighted by Crippen LogP contribution is -2.24. The predicted molar refractivity (Wildman–Crippen MR) is 38.6 cm³/mol. The Morgan fingerprint density at radius 2 is 2.44 bits per heavy atom. The third-order valence-electron chi connectivity index (χ3n) is 0.980. The first kappa shape index (κ1) is 6.83. The zero-order valence-corrected chi connectivity index (χ0v) is 6.52. The number of thiol groups is 1. The lowest BCUT2D eigenvalue weighted by molar-refractivity contribution is -0.501. The molecule has 0 saturated heterocycles. The van der Waals surface area contributed by atoms with Gasteiger partial charge in [0.1, 0.15) is 5.69 Å². The van der Waals surface area contributed by atoms with Crippen molar-refractivity contribution < 1.29 is 3.97 Å². The van der Waals surface area contributed by atoms with Gasteiger partial charge in [-0.3, -0.25) is 0 Å². The Bertz CT molecular complexity index is 226. The van der Waals surface area contributed by atoms with Crippen LogP contribution >= 0.6 is 24.4 Å². The van der Waals surface area contributed by atoms with Gasteiger partial charge in [-0.15, -0.1) is 0 Å². The van der Waals surface area contributed by atoms with Crippen LogP contribution in [0.15, 0.2) is 12.4 Å². The van der Waals surface area contributed by atoms with E-state index in [2.05, 4.69) is 17.8 Å². The molecule has 4 heteroatoms. The monoisotopic (exact) mass is 161 g/mol. The van der Waals surface area contributed by atoms with Crippen molar-refractivity contribution in [3.8, 4) is 0 Å². The molecule has 48 valence electrons. The summed E-state index contributed by atoms with van der Waals surface area (Å²) in [6.45, 7) is 1.90. The molecule has 0 unspecified atom stereocenters. The molecule has 1 aromatic heterocycles. The van der Waals surface area contributed by atoms with Crippen LogP contribution in [-0.4, -0.2) is 4.98 Å². The van der Waals surface area contributed by atoms with Crippen LogP contribution in [0.1, 0.15) is 5.69 Å². The van der Waals surface area contributed by atoms with E-state index in [1.807, 2.05) is 6.92 Å². The Morgan fingerprint density at radius 3 is 2.89 bits per heavy atom. The van der Waals surface area contributed by atoms with Gasteiger partial charge in [0.25, 0.3) is 6.33 Å². The van der Waals surface area contributed by atoms with Crippen LogP contribution < -0.4 is 3.97 Å². The maximum absolute atomic E-state index is 5.56. The fourth-order valence-electron chi connectivity index (χ4n) is 0.477. The van der Waals surface area contributed by atoms with E-state index in [9.17, 15) is 0 Å². The highest BCUT2D eigenvalue weighted by molar-refractivity contribution is 7.73. The molecule has 1 heterocycles. The van der Waals surface area contributed by atoms with Crippen molar-refractivity contribution in [3.63, 3.8) is 0 Å². The Morgan fingerprint density at radius 1 is 1.78 bits per heavy atom. The van der Waals surface area contributed by atoms with Crippen molar-refractivity contribution in [2.45, 2.75) is 6.92 Å². The zero-order valence-electron chi connectivity index (χ0n) is 4.87. The van der Waals surface area contributed by atoms with Crippen LogP contribution in [0.4, 0.5) is 0 Å². The van der Waals surface area contributed by atoms with Crippen LogP contribution in [0.25, 0.3) is 0 Å². The quantitative estimate of drug-likeness (QED) is 0.342. The van der Waals surface area contributed by atoms with Gasteiger partial charge in [0.2, 0.25) is 5.15 Å². The maximum Gasteiger partial charge on any atom is 0.299 e. The van der Waals surface area contributed by atoms with Crippen LogP contribution in [0.3, 0.4) is 0 Å². The van der Waals surface area contributed by atoms with Crippen LogP contribution in [-0.2, 0) is 0 Å². The van der Waals surface area contributed by atoms with E-state index in [4.69, 9.17) is 11.6 Å². The molecule has 0 aliphatic heterocycles. The maximum atomic E-state index is 5.56. The fourth-order valence-corrected chi connectivity index (χ4v) is 0.788. The zero-order chi connectivity index (χ0) is 6.85. The molecule has 0 radical (unpaired) electrons. The largest absolute Gasteiger partial charge is 0.299 e. The molecule has 1 rings (SSSR count). The van der Waals surface area contributed by atoms with Crippen molar-refractivity contribution in [3.05, 3.63) is 23.2 Å². The van der Waals surface area contributed by atoms with Crippen LogP contribution in [0.2, 0.25) is 5.15 Å². The van der Waals surface area contributed by atoms with Gasteiger partial charge in [0, 0.05) is 18.9 Å². The van der Waals surface area contributed by atoms with Gasteiger partial charge in [-0.2, -0.15) is 3.97 Å². The van der Waals surface area contributed by atoms with E-state index >= 15 is 0 Å². The molecule has 0 aliphatic carbocycles. The minimum atomic E-state index is 0.498. The summed E-state index contributed by atoms with van der Waals surface area (Å²) in [5.41, 5.74) is 0.971. The summed E-state index contributed by atoms with van der Waals surface area (Å²) in [4.78, 5) is 3.79.